The summed E-state index contributed by atoms with van der Waals surface area (Å²) in [6.07, 6.45) is 0.302. The Morgan fingerprint density at radius 3 is 2.00 bits per heavy atom. The van der Waals surface area contributed by atoms with Gasteiger partial charge in [0.1, 0.15) is 23.0 Å². The van der Waals surface area contributed by atoms with E-state index >= 15 is 0 Å². The summed E-state index contributed by atoms with van der Waals surface area (Å²) in [7, 11) is 6.42. The summed E-state index contributed by atoms with van der Waals surface area (Å²) in [5.74, 6) is 3.18. The van der Waals surface area contributed by atoms with Crippen LogP contribution in [0.5, 0.6) is 23.0 Å². The normalized spacial score (nSPS) is 10.6. The number of aromatic amines is 1. The summed E-state index contributed by atoms with van der Waals surface area (Å²) in [5.41, 5.74) is 4.25. The molecule has 3 aromatic carbocycles. The average Bonchev–Trinajstić information content (AvgIpc) is 3.37. The van der Waals surface area contributed by atoms with E-state index in [0.29, 0.717) is 29.4 Å². The highest BCUT2D eigenvalue weighted by atomic mass is 32.2. The fraction of sp³-hybridized carbons (Fsp3) is 0.214. The van der Waals surface area contributed by atoms with Crippen molar-refractivity contribution in [2.45, 2.75) is 11.6 Å². The first-order chi connectivity index (χ1) is 18.0. The van der Waals surface area contributed by atoms with Crippen LogP contribution >= 0.6 is 11.8 Å². The Morgan fingerprint density at radius 1 is 0.811 bits per heavy atom. The third-order valence-corrected chi connectivity index (χ3v) is 6.55. The Hall–Kier alpha value is -4.11. The van der Waals surface area contributed by atoms with Gasteiger partial charge >= 0.3 is 0 Å². The molecule has 0 atom stereocenters. The molecule has 1 amide bonds. The quantitative estimate of drug-likeness (QED) is 0.238. The van der Waals surface area contributed by atoms with Crippen LogP contribution in [-0.4, -0.2) is 50.1 Å². The molecule has 4 aromatic rings. The van der Waals surface area contributed by atoms with Gasteiger partial charge in [-0.05, 0) is 60.7 Å². The molecule has 1 aromatic heterocycles. The number of hydrogen-bond donors (Lipinski definition) is 2. The number of carbonyl (C=O) groups excluding carboxylic acids is 1. The Labute approximate surface area is 220 Å². The van der Waals surface area contributed by atoms with Gasteiger partial charge in [0.2, 0.25) is 5.91 Å². The molecule has 192 valence electrons. The van der Waals surface area contributed by atoms with Gasteiger partial charge in [-0.3, -0.25) is 4.79 Å². The van der Waals surface area contributed by atoms with Crippen molar-refractivity contribution >= 4 is 23.4 Å². The van der Waals surface area contributed by atoms with Crippen molar-refractivity contribution in [2.24, 2.45) is 0 Å². The van der Waals surface area contributed by atoms with E-state index in [1.807, 2.05) is 48.5 Å². The minimum atomic E-state index is -0.117. The van der Waals surface area contributed by atoms with Gasteiger partial charge < -0.3 is 29.2 Å². The molecule has 1 heterocycles. The number of ether oxygens (including phenoxy) is 4. The predicted octanol–water partition coefficient (Wildman–Crippen LogP) is 5.90. The summed E-state index contributed by atoms with van der Waals surface area (Å²) in [4.78, 5) is 20.9. The Kier molecular flexibility index (Phi) is 8.58. The molecule has 0 unspecified atom stereocenters. The molecular formula is C28H29N3O5S. The highest BCUT2D eigenvalue weighted by molar-refractivity contribution is 7.99. The van der Waals surface area contributed by atoms with Gasteiger partial charge in [-0.2, -0.15) is 0 Å². The van der Waals surface area contributed by atoms with Crippen LogP contribution < -0.4 is 24.3 Å². The molecule has 0 aliphatic carbocycles. The number of hydrogen-bond acceptors (Lipinski definition) is 7. The van der Waals surface area contributed by atoms with Crippen LogP contribution in [0.25, 0.3) is 22.5 Å². The molecule has 0 saturated carbocycles. The number of nitrogens with zero attached hydrogens (tertiary/aromatic N) is 1. The molecule has 0 aliphatic heterocycles. The highest BCUT2D eigenvalue weighted by Gasteiger charge is 2.16. The lowest BCUT2D eigenvalue weighted by Gasteiger charge is -2.11. The predicted molar refractivity (Wildman–Crippen MR) is 146 cm³/mol. The first-order valence-electron chi connectivity index (χ1n) is 11.6. The molecule has 0 fully saturated rings. The van der Waals surface area contributed by atoms with E-state index in [1.165, 1.54) is 11.8 Å². The highest BCUT2D eigenvalue weighted by Crippen LogP contribution is 2.34. The number of aromatic nitrogens is 2. The summed E-state index contributed by atoms with van der Waals surface area (Å²) in [6.45, 7) is 0. The number of nitrogens with one attached hydrogen (secondary N) is 2. The van der Waals surface area contributed by atoms with Gasteiger partial charge in [-0.1, -0.05) is 11.8 Å². The molecule has 8 nitrogen and oxygen atoms in total. The van der Waals surface area contributed by atoms with E-state index in [0.717, 1.165) is 39.2 Å². The van der Waals surface area contributed by atoms with Crippen LogP contribution in [0.3, 0.4) is 0 Å². The number of rotatable bonds is 11. The maximum atomic E-state index is 12.6. The third-order valence-electron chi connectivity index (χ3n) is 5.67. The number of amides is 1. The van der Waals surface area contributed by atoms with Gasteiger partial charge in [0.05, 0.1) is 45.5 Å². The number of methoxy groups -OCH3 is 4. The maximum Gasteiger partial charge on any atom is 0.225 e. The largest absolute Gasteiger partial charge is 0.497 e. The van der Waals surface area contributed by atoms with Gasteiger partial charge in [0, 0.05) is 29.4 Å². The SMILES string of the molecule is COc1ccc(-c2nc(SCCC(=O)Nc3ccc(OC)cc3OC)[nH]c2-c2ccc(OC)cc2)cc1. The fourth-order valence-corrected chi connectivity index (χ4v) is 4.51. The van der Waals surface area contributed by atoms with Crippen LogP contribution in [0.2, 0.25) is 0 Å². The molecule has 0 saturated heterocycles. The monoisotopic (exact) mass is 519 g/mol. The summed E-state index contributed by atoms with van der Waals surface area (Å²) in [5, 5.41) is 3.63. The van der Waals surface area contributed by atoms with Crippen LogP contribution in [-0.2, 0) is 4.79 Å². The minimum absolute atomic E-state index is 0.117. The number of carbonyl (C=O) groups is 1. The van der Waals surface area contributed by atoms with E-state index in [1.54, 1.807) is 46.6 Å². The van der Waals surface area contributed by atoms with Crippen LogP contribution in [0.4, 0.5) is 5.69 Å². The smallest absolute Gasteiger partial charge is 0.225 e. The van der Waals surface area contributed by atoms with Crippen molar-refractivity contribution in [3.63, 3.8) is 0 Å². The second kappa shape index (κ2) is 12.2. The molecule has 2 N–H and O–H groups in total. The van der Waals surface area contributed by atoms with Crippen LogP contribution in [0.15, 0.2) is 71.9 Å². The Bertz CT molecular complexity index is 1270. The number of thioether (sulfide) groups is 1. The Morgan fingerprint density at radius 2 is 1.41 bits per heavy atom. The molecule has 0 spiro atoms. The second-order valence-electron chi connectivity index (χ2n) is 7.94. The van der Waals surface area contributed by atoms with Crippen molar-refractivity contribution in [1.82, 2.24) is 9.97 Å². The van der Waals surface area contributed by atoms with Crippen LogP contribution in [0.1, 0.15) is 6.42 Å². The fourth-order valence-electron chi connectivity index (χ4n) is 3.70. The molecule has 9 heteroatoms. The lowest BCUT2D eigenvalue weighted by atomic mass is 10.0. The lowest BCUT2D eigenvalue weighted by molar-refractivity contribution is -0.115. The second-order valence-corrected chi connectivity index (χ2v) is 9.02. The number of benzene rings is 3. The van der Waals surface area contributed by atoms with Crippen molar-refractivity contribution in [1.29, 1.82) is 0 Å². The van der Waals surface area contributed by atoms with E-state index in [9.17, 15) is 4.79 Å². The van der Waals surface area contributed by atoms with E-state index in [4.69, 9.17) is 23.9 Å². The Balaban J connectivity index is 1.48. The zero-order valence-electron chi connectivity index (χ0n) is 21.2. The first-order valence-corrected chi connectivity index (χ1v) is 12.6. The lowest BCUT2D eigenvalue weighted by Crippen LogP contribution is -2.13. The third kappa shape index (κ3) is 6.37. The van der Waals surface area contributed by atoms with Gasteiger partial charge in [0.25, 0.3) is 0 Å². The average molecular weight is 520 g/mol. The summed E-state index contributed by atoms with van der Waals surface area (Å²) in [6, 6.07) is 20.9. The first kappa shape index (κ1) is 26.0. The topological polar surface area (TPSA) is 94.7 Å². The summed E-state index contributed by atoms with van der Waals surface area (Å²) < 4.78 is 21.2. The molecule has 0 bridgehead atoms. The number of anilines is 1. The standard InChI is InChI=1S/C28H29N3O5S/c1-33-20-9-5-18(6-10-20)26-27(19-7-11-21(34-2)12-8-19)31-28(30-26)37-16-15-25(32)29-23-14-13-22(35-3)17-24(23)36-4/h5-14,17H,15-16H2,1-4H3,(H,29,32)(H,30,31). The number of imidazole rings is 1. The van der Waals surface area contributed by atoms with Crippen molar-refractivity contribution in [3.05, 3.63) is 66.7 Å². The molecule has 37 heavy (non-hydrogen) atoms. The van der Waals surface area contributed by atoms with Crippen molar-refractivity contribution in [2.75, 3.05) is 39.5 Å². The van der Waals surface area contributed by atoms with Crippen LogP contribution in [0, 0.1) is 0 Å². The summed E-state index contributed by atoms with van der Waals surface area (Å²) >= 11 is 1.49. The molecular weight excluding hydrogens is 490 g/mol. The molecule has 0 radical (unpaired) electrons. The van der Waals surface area contributed by atoms with E-state index < -0.39 is 0 Å². The van der Waals surface area contributed by atoms with Crippen molar-refractivity contribution in [3.8, 4) is 45.5 Å². The van der Waals surface area contributed by atoms with Gasteiger partial charge in [-0.25, -0.2) is 4.98 Å². The zero-order chi connectivity index (χ0) is 26.2. The number of H-pyrrole nitrogens is 1. The van der Waals surface area contributed by atoms with Gasteiger partial charge in [0.15, 0.2) is 5.16 Å². The van der Waals surface area contributed by atoms with Gasteiger partial charge in [-0.15, -0.1) is 0 Å². The minimum Gasteiger partial charge on any atom is -0.497 e. The molecule has 0 aliphatic rings. The molecule has 4 rings (SSSR count). The van der Waals surface area contributed by atoms with Crippen molar-refractivity contribution < 1.29 is 23.7 Å². The van der Waals surface area contributed by atoms with E-state index in [-0.39, 0.29) is 5.91 Å². The maximum absolute atomic E-state index is 12.6. The zero-order valence-corrected chi connectivity index (χ0v) is 22.0. The van der Waals surface area contributed by atoms with E-state index in [2.05, 4.69) is 10.3 Å².